The summed E-state index contributed by atoms with van der Waals surface area (Å²) >= 11 is 0. The molecule has 1 N–H and O–H groups in total. The Labute approximate surface area is 186 Å². The van der Waals surface area contributed by atoms with Crippen LogP contribution in [-0.2, 0) is 4.74 Å². The summed E-state index contributed by atoms with van der Waals surface area (Å²) < 4.78 is 5.52. The van der Waals surface area contributed by atoms with E-state index in [2.05, 4.69) is 29.6 Å². The Hall–Kier alpha value is -3.93. The van der Waals surface area contributed by atoms with Gasteiger partial charge in [-0.1, -0.05) is 66.7 Å². The number of hydrogen-bond acceptors (Lipinski definition) is 4. The maximum atomic E-state index is 12.2. The predicted molar refractivity (Wildman–Crippen MR) is 125 cm³/mol. The highest BCUT2D eigenvalue weighted by molar-refractivity contribution is 5.79. The molecule has 0 bridgehead atoms. The van der Waals surface area contributed by atoms with Gasteiger partial charge in [0, 0.05) is 24.6 Å². The van der Waals surface area contributed by atoms with Gasteiger partial charge in [0.15, 0.2) is 0 Å². The normalized spacial score (nSPS) is 12.4. The quantitative estimate of drug-likeness (QED) is 0.291. The molecule has 4 rings (SSSR count). The second-order valence-electron chi connectivity index (χ2n) is 7.74. The van der Waals surface area contributed by atoms with Crippen LogP contribution in [0.15, 0.2) is 72.8 Å². The Morgan fingerprint density at radius 1 is 1.06 bits per heavy atom. The van der Waals surface area contributed by atoms with E-state index in [1.165, 1.54) is 28.3 Å². The Morgan fingerprint density at radius 3 is 2.38 bits per heavy atom. The lowest BCUT2D eigenvalue weighted by Gasteiger charge is -2.14. The Morgan fingerprint density at radius 2 is 1.72 bits per heavy atom. The Bertz CT molecular complexity index is 1140. The summed E-state index contributed by atoms with van der Waals surface area (Å²) in [5.74, 6) is 0.0323. The van der Waals surface area contributed by atoms with E-state index in [0.29, 0.717) is 13.0 Å². The van der Waals surface area contributed by atoms with Crippen molar-refractivity contribution in [2.75, 3.05) is 13.2 Å². The molecule has 0 fully saturated rings. The van der Waals surface area contributed by atoms with Crippen LogP contribution < -0.4 is 5.32 Å². The molecule has 0 saturated carbocycles. The number of benzene rings is 3. The number of rotatable bonds is 7. The lowest BCUT2D eigenvalue weighted by Crippen LogP contribution is -2.26. The van der Waals surface area contributed by atoms with Crippen LogP contribution in [0, 0.1) is 17.0 Å². The molecule has 3 aromatic rings. The first-order chi connectivity index (χ1) is 15.5. The van der Waals surface area contributed by atoms with E-state index in [-0.39, 0.29) is 18.2 Å². The molecule has 6 nitrogen and oxygen atoms in total. The molecule has 0 saturated heterocycles. The number of carbonyl (C=O) groups excluding carboxylic acids is 1. The average Bonchev–Trinajstić information content (AvgIpc) is 3.12. The number of alkyl carbamates (subject to hydrolysis) is 1. The monoisotopic (exact) mass is 428 g/mol. The van der Waals surface area contributed by atoms with Gasteiger partial charge >= 0.3 is 6.09 Å². The summed E-state index contributed by atoms with van der Waals surface area (Å²) in [6.45, 7) is 2.60. The van der Waals surface area contributed by atoms with Crippen molar-refractivity contribution in [2.24, 2.45) is 0 Å². The molecule has 0 spiro atoms. The first-order valence-corrected chi connectivity index (χ1v) is 10.5. The van der Waals surface area contributed by atoms with E-state index in [1.807, 2.05) is 43.3 Å². The van der Waals surface area contributed by atoms with Gasteiger partial charge in [0.25, 0.3) is 5.69 Å². The van der Waals surface area contributed by atoms with Gasteiger partial charge in [0.2, 0.25) is 0 Å². The minimum atomic E-state index is -0.452. The Balaban J connectivity index is 1.28. The average molecular weight is 428 g/mol. The predicted octanol–water partition coefficient (Wildman–Crippen LogP) is 5.85. The van der Waals surface area contributed by atoms with E-state index < -0.39 is 11.0 Å². The van der Waals surface area contributed by atoms with E-state index in [0.717, 1.165) is 11.1 Å². The fraction of sp³-hybridized carbons (Fsp3) is 0.192. The van der Waals surface area contributed by atoms with E-state index in [1.54, 1.807) is 12.1 Å². The van der Waals surface area contributed by atoms with E-state index in [4.69, 9.17) is 4.74 Å². The van der Waals surface area contributed by atoms with Gasteiger partial charge in [0.1, 0.15) is 6.61 Å². The number of nitrogens with one attached hydrogen (secondary N) is 1. The van der Waals surface area contributed by atoms with Crippen LogP contribution in [0.3, 0.4) is 0 Å². The number of carbonyl (C=O) groups is 1. The fourth-order valence-corrected chi connectivity index (χ4v) is 4.04. The highest BCUT2D eigenvalue weighted by Crippen LogP contribution is 2.44. The largest absolute Gasteiger partial charge is 0.449 e. The topological polar surface area (TPSA) is 81.5 Å². The smallest absolute Gasteiger partial charge is 0.407 e. The second kappa shape index (κ2) is 9.47. The van der Waals surface area contributed by atoms with E-state index >= 15 is 0 Å². The van der Waals surface area contributed by atoms with Gasteiger partial charge < -0.3 is 10.1 Å². The number of nitrogens with zero attached hydrogens (tertiary/aromatic N) is 1. The lowest BCUT2D eigenvalue weighted by atomic mass is 9.98. The number of nitro benzene ring substituents is 1. The van der Waals surface area contributed by atoms with Crippen molar-refractivity contribution in [2.45, 2.75) is 19.3 Å². The number of ether oxygens (including phenoxy) is 1. The number of nitro groups is 1. The Kier molecular flexibility index (Phi) is 6.31. The second-order valence-corrected chi connectivity index (χ2v) is 7.74. The minimum absolute atomic E-state index is 0.0323. The van der Waals surface area contributed by atoms with Crippen LogP contribution in [0.5, 0.6) is 0 Å². The van der Waals surface area contributed by atoms with Gasteiger partial charge in [-0.2, -0.15) is 0 Å². The molecule has 1 aliphatic rings. The highest BCUT2D eigenvalue weighted by atomic mass is 16.6. The zero-order valence-electron chi connectivity index (χ0n) is 17.8. The van der Waals surface area contributed by atoms with Crippen molar-refractivity contribution in [3.8, 4) is 11.1 Å². The third-order valence-corrected chi connectivity index (χ3v) is 5.70. The first kappa shape index (κ1) is 21.3. The number of hydrogen-bond donors (Lipinski definition) is 1. The molecule has 0 unspecified atom stereocenters. The van der Waals surface area contributed by atoms with Crippen LogP contribution in [0.4, 0.5) is 10.5 Å². The lowest BCUT2D eigenvalue weighted by molar-refractivity contribution is -0.384. The van der Waals surface area contributed by atoms with Crippen LogP contribution >= 0.6 is 0 Å². The first-order valence-electron chi connectivity index (χ1n) is 10.5. The summed E-state index contributed by atoms with van der Waals surface area (Å²) in [5.41, 5.74) is 6.55. The molecule has 6 heteroatoms. The zero-order valence-corrected chi connectivity index (χ0v) is 17.8. The number of aryl methyl sites for hydroxylation is 1. The van der Waals surface area contributed by atoms with Gasteiger partial charge in [-0.25, -0.2) is 4.79 Å². The summed E-state index contributed by atoms with van der Waals surface area (Å²) in [4.78, 5) is 22.7. The number of non-ortho nitro benzene ring substituents is 1. The van der Waals surface area contributed by atoms with Crippen molar-refractivity contribution >= 4 is 17.9 Å². The molecule has 3 aromatic carbocycles. The molecule has 1 amide bonds. The minimum Gasteiger partial charge on any atom is -0.449 e. The van der Waals surface area contributed by atoms with Crippen LogP contribution in [0.25, 0.3) is 17.2 Å². The fourth-order valence-electron chi connectivity index (χ4n) is 4.04. The van der Waals surface area contributed by atoms with Crippen molar-refractivity contribution < 1.29 is 14.5 Å². The molecule has 0 heterocycles. The van der Waals surface area contributed by atoms with Crippen molar-refractivity contribution in [3.05, 3.63) is 105 Å². The van der Waals surface area contributed by atoms with Crippen molar-refractivity contribution in [3.63, 3.8) is 0 Å². The van der Waals surface area contributed by atoms with Crippen LogP contribution in [-0.4, -0.2) is 24.2 Å². The third-order valence-electron chi connectivity index (χ3n) is 5.70. The maximum absolute atomic E-state index is 12.2. The SMILES string of the molecule is Cc1ccc([N+](=O)[O-])cc1C=CCCNC(=O)OCC1c2ccccc2-c2ccccc21. The van der Waals surface area contributed by atoms with Gasteiger partial charge in [-0.15, -0.1) is 0 Å². The summed E-state index contributed by atoms with van der Waals surface area (Å²) in [6, 6.07) is 21.2. The van der Waals surface area contributed by atoms with Crippen molar-refractivity contribution in [1.29, 1.82) is 0 Å². The van der Waals surface area contributed by atoms with Gasteiger partial charge in [0.05, 0.1) is 4.92 Å². The van der Waals surface area contributed by atoms with Gasteiger partial charge in [-0.05, 0) is 46.7 Å². The highest BCUT2D eigenvalue weighted by Gasteiger charge is 2.28. The molecular weight excluding hydrogens is 404 g/mol. The van der Waals surface area contributed by atoms with Crippen LogP contribution in [0.2, 0.25) is 0 Å². The van der Waals surface area contributed by atoms with Crippen molar-refractivity contribution in [1.82, 2.24) is 5.32 Å². The molecule has 1 aliphatic carbocycles. The summed E-state index contributed by atoms with van der Waals surface area (Å²) in [6.07, 6.45) is 3.86. The van der Waals surface area contributed by atoms with E-state index in [9.17, 15) is 14.9 Å². The summed E-state index contributed by atoms with van der Waals surface area (Å²) in [7, 11) is 0. The molecule has 0 radical (unpaired) electrons. The molecule has 0 atom stereocenters. The number of fused-ring (bicyclic) bond motifs is 3. The third kappa shape index (κ3) is 4.54. The van der Waals surface area contributed by atoms with Gasteiger partial charge in [-0.3, -0.25) is 10.1 Å². The maximum Gasteiger partial charge on any atom is 0.407 e. The van der Waals surface area contributed by atoms with Crippen LogP contribution in [0.1, 0.15) is 34.6 Å². The molecule has 32 heavy (non-hydrogen) atoms. The number of amides is 1. The summed E-state index contributed by atoms with van der Waals surface area (Å²) in [5, 5.41) is 13.7. The molecule has 0 aliphatic heterocycles. The molecule has 0 aromatic heterocycles. The zero-order chi connectivity index (χ0) is 22.5. The standard InChI is InChI=1S/C26H24N2O4/c1-18-13-14-20(28(30)31)16-19(18)8-6-7-15-27-26(29)32-17-25-23-11-4-2-9-21(23)22-10-3-5-12-24(22)25/h2-6,8-14,16,25H,7,15,17H2,1H3,(H,27,29). The molecular formula is C26H24N2O4. The molecule has 162 valence electrons.